The molecule has 0 aromatic heterocycles. The highest BCUT2D eigenvalue weighted by molar-refractivity contribution is 6.53. The van der Waals surface area contributed by atoms with Crippen molar-refractivity contribution in [1.29, 1.82) is 0 Å². The quantitative estimate of drug-likeness (QED) is 0.332. The van der Waals surface area contributed by atoms with E-state index in [1.807, 2.05) is 0 Å². The van der Waals surface area contributed by atoms with E-state index in [1.54, 1.807) is 0 Å². The summed E-state index contributed by atoms with van der Waals surface area (Å²) in [5, 5.41) is 4.38. The number of amides is 2. The lowest BCUT2D eigenvalue weighted by Gasteiger charge is -2.11. The third-order valence-electron chi connectivity index (χ3n) is 5.28. The van der Waals surface area contributed by atoms with Gasteiger partial charge in [-0.15, -0.1) is 23.2 Å². The van der Waals surface area contributed by atoms with Gasteiger partial charge in [0.2, 0.25) is 5.91 Å². The second-order valence-corrected chi connectivity index (χ2v) is 9.83. The van der Waals surface area contributed by atoms with Crippen molar-refractivity contribution in [2.24, 2.45) is 5.92 Å². The Morgan fingerprint density at radius 1 is 0.824 bits per heavy atom. The highest BCUT2D eigenvalue weighted by Gasteiger charge is 2.67. The van der Waals surface area contributed by atoms with Gasteiger partial charge in [-0.3, -0.25) is 9.59 Å². The zero-order valence-electron chi connectivity index (χ0n) is 16.8. The van der Waals surface area contributed by atoms with E-state index in [-0.39, 0.29) is 16.4 Å². The van der Waals surface area contributed by atoms with Gasteiger partial charge in [0, 0.05) is 17.3 Å². The minimum Gasteiger partial charge on any atom is -0.326 e. The molecule has 176 valence electrons. The predicted octanol–water partition coefficient (Wildman–Crippen LogP) is 7.19. The van der Waals surface area contributed by atoms with Crippen LogP contribution in [0.2, 0.25) is 10.0 Å². The molecular formula is C23H13Cl4F3N2O2. The first kappa shape index (κ1) is 24.7. The molecule has 0 aliphatic heterocycles. The first-order chi connectivity index (χ1) is 16.0. The van der Waals surface area contributed by atoms with Gasteiger partial charge < -0.3 is 10.6 Å². The lowest BCUT2D eigenvalue weighted by molar-refractivity contribution is -0.117. The first-order valence-electron chi connectivity index (χ1n) is 9.68. The fourth-order valence-electron chi connectivity index (χ4n) is 3.55. The molecule has 0 bridgehead atoms. The summed E-state index contributed by atoms with van der Waals surface area (Å²) in [6.45, 7) is 0. The highest BCUT2D eigenvalue weighted by Crippen LogP contribution is 2.65. The van der Waals surface area contributed by atoms with Crippen molar-refractivity contribution in [3.05, 3.63) is 93.2 Å². The van der Waals surface area contributed by atoms with Gasteiger partial charge in [0.15, 0.2) is 5.82 Å². The maximum atomic E-state index is 14.5. The average Bonchev–Trinajstić information content (AvgIpc) is 3.36. The van der Waals surface area contributed by atoms with E-state index in [2.05, 4.69) is 10.6 Å². The van der Waals surface area contributed by atoms with Crippen molar-refractivity contribution < 1.29 is 22.8 Å². The number of carbonyl (C=O) groups excluding carboxylic acids is 2. The Bertz CT molecular complexity index is 1300. The largest absolute Gasteiger partial charge is 0.326 e. The summed E-state index contributed by atoms with van der Waals surface area (Å²) in [6, 6.07) is 11.0. The van der Waals surface area contributed by atoms with Crippen LogP contribution in [0, 0.1) is 23.4 Å². The molecule has 1 aliphatic carbocycles. The summed E-state index contributed by atoms with van der Waals surface area (Å²) in [4.78, 5) is 25.4. The predicted molar refractivity (Wildman–Crippen MR) is 126 cm³/mol. The Kier molecular flexibility index (Phi) is 6.75. The normalized spacial score (nSPS) is 18.3. The van der Waals surface area contributed by atoms with Crippen LogP contribution in [0.3, 0.4) is 0 Å². The molecule has 1 saturated carbocycles. The minimum atomic E-state index is -1.49. The molecule has 1 fully saturated rings. The number of halogens is 7. The molecule has 2 amide bonds. The van der Waals surface area contributed by atoms with Crippen LogP contribution >= 0.6 is 46.4 Å². The average molecular weight is 548 g/mol. The first-order valence-corrected chi connectivity index (χ1v) is 11.2. The van der Waals surface area contributed by atoms with E-state index in [4.69, 9.17) is 46.4 Å². The number of alkyl halides is 2. The van der Waals surface area contributed by atoms with Crippen molar-refractivity contribution in [3.63, 3.8) is 0 Å². The van der Waals surface area contributed by atoms with Gasteiger partial charge in [0.05, 0.1) is 21.5 Å². The third-order valence-corrected chi connectivity index (χ3v) is 6.79. The van der Waals surface area contributed by atoms with Crippen LogP contribution in [0.25, 0.3) is 0 Å². The number of anilines is 2. The Balaban J connectivity index is 1.54. The van der Waals surface area contributed by atoms with E-state index >= 15 is 0 Å². The van der Waals surface area contributed by atoms with Crippen molar-refractivity contribution in [1.82, 2.24) is 0 Å². The smallest absolute Gasteiger partial charge is 0.258 e. The van der Waals surface area contributed by atoms with Gasteiger partial charge in [-0.05, 0) is 54.1 Å². The summed E-state index contributed by atoms with van der Waals surface area (Å²) in [5.41, 5.74) is 0.262. The van der Waals surface area contributed by atoms with E-state index in [9.17, 15) is 22.8 Å². The standard InChI is InChI=1S/C23H13Cl4F3N2O2/c24-15-7-10(1-6-17(15)29)18-19(23(18,26)27)22(34)32-13-8-14(20(30)16(25)9-13)21(33)31-12-4-2-11(28)3-5-12/h1-9,18-19H,(H,31,33)(H,32,34). The molecule has 4 rings (SSSR count). The Labute approximate surface area is 211 Å². The second-order valence-electron chi connectivity index (χ2n) is 7.57. The molecule has 2 N–H and O–H groups in total. The Morgan fingerprint density at radius 2 is 1.50 bits per heavy atom. The minimum absolute atomic E-state index is 0.0209. The van der Waals surface area contributed by atoms with Crippen molar-refractivity contribution in [2.45, 2.75) is 10.3 Å². The second kappa shape index (κ2) is 9.30. The zero-order chi connectivity index (χ0) is 24.8. The molecule has 34 heavy (non-hydrogen) atoms. The zero-order valence-corrected chi connectivity index (χ0v) is 19.8. The lowest BCUT2D eigenvalue weighted by Crippen LogP contribution is -2.19. The molecule has 4 nitrogen and oxygen atoms in total. The molecular weight excluding hydrogens is 535 g/mol. The van der Waals surface area contributed by atoms with Crippen LogP contribution in [0.1, 0.15) is 21.8 Å². The molecule has 2 atom stereocenters. The number of hydrogen-bond acceptors (Lipinski definition) is 2. The van der Waals surface area contributed by atoms with Crippen LogP contribution in [-0.4, -0.2) is 16.1 Å². The van der Waals surface area contributed by atoms with Crippen LogP contribution in [-0.2, 0) is 4.79 Å². The molecule has 0 saturated heterocycles. The van der Waals surface area contributed by atoms with Crippen LogP contribution in [0.4, 0.5) is 24.5 Å². The number of nitrogens with one attached hydrogen (secondary N) is 2. The lowest BCUT2D eigenvalue weighted by atomic mass is 10.1. The van der Waals surface area contributed by atoms with Crippen molar-refractivity contribution in [3.8, 4) is 0 Å². The fourth-order valence-corrected chi connectivity index (χ4v) is 4.79. The third kappa shape index (κ3) is 4.84. The molecule has 3 aromatic rings. The van der Waals surface area contributed by atoms with Crippen molar-refractivity contribution >= 4 is 69.6 Å². The number of benzene rings is 3. The Hall–Kier alpha value is -2.45. The molecule has 0 heterocycles. The molecule has 0 spiro atoms. The number of carbonyl (C=O) groups is 2. The van der Waals surface area contributed by atoms with Gasteiger partial charge in [-0.2, -0.15) is 0 Å². The van der Waals surface area contributed by atoms with Crippen LogP contribution < -0.4 is 10.6 Å². The van der Waals surface area contributed by atoms with Crippen LogP contribution in [0.5, 0.6) is 0 Å². The van der Waals surface area contributed by atoms with E-state index in [0.29, 0.717) is 5.56 Å². The van der Waals surface area contributed by atoms with E-state index in [1.165, 1.54) is 24.3 Å². The summed E-state index contributed by atoms with van der Waals surface area (Å²) >= 11 is 24.3. The molecule has 0 radical (unpaired) electrons. The topological polar surface area (TPSA) is 58.2 Å². The van der Waals surface area contributed by atoms with E-state index < -0.39 is 56.0 Å². The SMILES string of the molecule is O=C(Nc1ccc(F)cc1)c1cc(NC(=O)C2C(c3ccc(F)c(Cl)c3)C2(Cl)Cl)cc(Cl)c1F. The number of rotatable bonds is 5. The van der Waals surface area contributed by atoms with Gasteiger partial charge in [0.1, 0.15) is 16.0 Å². The molecule has 2 unspecified atom stereocenters. The number of hydrogen-bond donors (Lipinski definition) is 2. The highest BCUT2D eigenvalue weighted by atomic mass is 35.5. The maximum absolute atomic E-state index is 14.5. The van der Waals surface area contributed by atoms with Crippen molar-refractivity contribution in [2.75, 3.05) is 10.6 Å². The monoisotopic (exact) mass is 546 g/mol. The summed E-state index contributed by atoms with van der Waals surface area (Å²) < 4.78 is 39.6. The summed E-state index contributed by atoms with van der Waals surface area (Å²) in [5.74, 6) is -5.24. The van der Waals surface area contributed by atoms with Gasteiger partial charge in [-0.1, -0.05) is 29.3 Å². The molecule has 1 aliphatic rings. The van der Waals surface area contributed by atoms with Crippen LogP contribution in [0.15, 0.2) is 54.6 Å². The maximum Gasteiger partial charge on any atom is 0.258 e. The van der Waals surface area contributed by atoms with Gasteiger partial charge in [-0.25, -0.2) is 13.2 Å². The molecule has 11 heteroatoms. The Morgan fingerprint density at radius 3 is 2.15 bits per heavy atom. The van der Waals surface area contributed by atoms with Gasteiger partial charge >= 0.3 is 0 Å². The molecule has 3 aromatic carbocycles. The summed E-state index contributed by atoms with van der Waals surface area (Å²) in [6.07, 6.45) is 0. The van der Waals surface area contributed by atoms with Gasteiger partial charge in [0.25, 0.3) is 5.91 Å². The van der Waals surface area contributed by atoms with E-state index in [0.717, 1.165) is 30.3 Å². The fraction of sp³-hybridized carbons (Fsp3) is 0.130. The summed E-state index contributed by atoms with van der Waals surface area (Å²) in [7, 11) is 0.